The molecule has 2 amide bonds. The molecule has 1 unspecified atom stereocenters. The molecule has 0 spiro atoms. The first-order valence-electron chi connectivity index (χ1n) is 16.8. The van der Waals surface area contributed by atoms with Crippen LogP contribution >= 0.6 is 15.9 Å². The fourth-order valence-electron chi connectivity index (χ4n) is 6.16. The van der Waals surface area contributed by atoms with Gasteiger partial charge in [-0.15, -0.1) is 10.2 Å². The summed E-state index contributed by atoms with van der Waals surface area (Å²) < 4.78 is 7.10. The van der Waals surface area contributed by atoms with Gasteiger partial charge in [0.15, 0.2) is 5.69 Å². The van der Waals surface area contributed by atoms with Gasteiger partial charge < -0.3 is 20.4 Å². The van der Waals surface area contributed by atoms with Crippen LogP contribution in [-0.4, -0.2) is 62.6 Å². The summed E-state index contributed by atoms with van der Waals surface area (Å²) in [6, 6.07) is 25.3. The molecule has 4 N–H and O–H groups in total. The summed E-state index contributed by atoms with van der Waals surface area (Å²) in [6.45, 7) is 4.44. The molecule has 5 aromatic rings. The molecule has 1 fully saturated rings. The number of aromatic amines is 2. The lowest BCUT2D eigenvalue weighted by molar-refractivity contribution is -0.127. The highest BCUT2D eigenvalue weighted by Gasteiger charge is 2.28. The van der Waals surface area contributed by atoms with E-state index in [0.29, 0.717) is 13.2 Å². The monoisotopic (exact) mass is 751 g/mol. The molecule has 3 heterocycles. The maximum atomic E-state index is 13.2. The molecule has 51 heavy (non-hydrogen) atoms. The summed E-state index contributed by atoms with van der Waals surface area (Å²) in [5, 5.41) is 13.5. The largest absolute Gasteiger partial charge is 0.488 e. The highest BCUT2D eigenvalue weighted by Crippen LogP contribution is 2.30. The smallest absolute Gasteiger partial charge is 0.325 e. The quantitative estimate of drug-likeness (QED) is 0.133. The zero-order valence-electron chi connectivity index (χ0n) is 28.1. The number of ether oxygens (including phenoxy) is 1. The van der Waals surface area contributed by atoms with Crippen LogP contribution in [0.25, 0.3) is 22.4 Å². The third-order valence-electron chi connectivity index (χ3n) is 8.91. The van der Waals surface area contributed by atoms with Gasteiger partial charge >= 0.3 is 5.69 Å². The van der Waals surface area contributed by atoms with Crippen molar-refractivity contribution >= 4 is 27.7 Å². The van der Waals surface area contributed by atoms with Gasteiger partial charge in [-0.1, -0.05) is 61.0 Å². The number of hydrogen-bond donors (Lipinski definition) is 4. The van der Waals surface area contributed by atoms with E-state index in [1.165, 1.54) is 35.0 Å². The van der Waals surface area contributed by atoms with Crippen LogP contribution in [0.4, 0.5) is 0 Å². The Bertz CT molecular complexity index is 2120. The first kappa shape index (κ1) is 35.4. The van der Waals surface area contributed by atoms with Crippen molar-refractivity contribution in [2.75, 3.05) is 19.6 Å². The topological polar surface area (TPSA) is 162 Å². The number of halogens is 1. The average molecular weight is 753 g/mol. The molecule has 13 heteroatoms. The fourth-order valence-corrected chi connectivity index (χ4v) is 6.71. The van der Waals surface area contributed by atoms with Gasteiger partial charge in [-0.25, -0.2) is 4.79 Å². The van der Waals surface area contributed by atoms with Gasteiger partial charge in [0.1, 0.15) is 12.4 Å². The van der Waals surface area contributed by atoms with Gasteiger partial charge in [0, 0.05) is 25.8 Å². The number of H-pyrrole nitrogens is 2. The lowest BCUT2D eigenvalue weighted by atomic mass is 9.97. The number of nitrogens with zero attached hydrogens (tertiary/aromatic N) is 3. The molecule has 0 radical (unpaired) electrons. The Morgan fingerprint density at radius 3 is 2.53 bits per heavy atom. The van der Waals surface area contributed by atoms with Crippen LogP contribution in [0.3, 0.4) is 0 Å². The normalized spacial score (nSPS) is 14.5. The third kappa shape index (κ3) is 8.86. The second-order valence-electron chi connectivity index (χ2n) is 12.3. The molecule has 1 aliphatic heterocycles. The minimum absolute atomic E-state index is 0.0549. The standard InChI is InChI=1S/C38H38BrN7O5/c1-24-27(10-7-11-28(24)26-8-3-2-4-9-26)23-51-34-16-13-25(20-30(34)39)22-46-19-6-5-12-33(46)37(49)41-18-17-40-36(48)32-15-14-31(44-45-32)29-21-42-38(50)43-35(29)47/h2-4,7-11,13-16,20-21,33H,5-6,12,17-19,22-23H2,1H3,(H,40,48)(H,41,49)(H2,42,43,47,50). The zero-order valence-corrected chi connectivity index (χ0v) is 29.7. The number of amides is 2. The van der Waals surface area contributed by atoms with Crippen LogP contribution < -0.4 is 26.6 Å². The van der Waals surface area contributed by atoms with Gasteiger partial charge in [-0.2, -0.15) is 0 Å². The van der Waals surface area contributed by atoms with E-state index < -0.39 is 17.2 Å². The summed E-state index contributed by atoms with van der Waals surface area (Å²) in [5.74, 6) is 0.210. The zero-order chi connectivity index (χ0) is 35.7. The number of aromatic nitrogens is 4. The van der Waals surface area contributed by atoms with E-state index in [4.69, 9.17) is 4.74 Å². The van der Waals surface area contributed by atoms with Gasteiger partial charge in [-0.3, -0.25) is 24.3 Å². The van der Waals surface area contributed by atoms with Crippen molar-refractivity contribution in [3.05, 3.63) is 133 Å². The van der Waals surface area contributed by atoms with Crippen LogP contribution in [0.1, 0.15) is 46.4 Å². The number of carbonyl (C=O) groups excluding carboxylic acids is 2. The molecule has 1 aliphatic rings. The highest BCUT2D eigenvalue weighted by atomic mass is 79.9. The van der Waals surface area contributed by atoms with Gasteiger partial charge in [-0.05, 0) is 94.3 Å². The molecule has 2 aromatic heterocycles. The van der Waals surface area contributed by atoms with E-state index >= 15 is 0 Å². The number of likely N-dealkylation sites (tertiary alicyclic amines) is 1. The molecule has 3 aromatic carbocycles. The minimum atomic E-state index is -0.631. The van der Waals surface area contributed by atoms with E-state index in [1.54, 1.807) is 0 Å². The lowest BCUT2D eigenvalue weighted by Gasteiger charge is -2.34. The summed E-state index contributed by atoms with van der Waals surface area (Å²) in [7, 11) is 0. The maximum Gasteiger partial charge on any atom is 0.325 e. The fraction of sp³-hybridized carbons (Fsp3) is 0.263. The van der Waals surface area contributed by atoms with Gasteiger partial charge in [0.25, 0.3) is 11.5 Å². The van der Waals surface area contributed by atoms with Crippen molar-refractivity contribution in [1.82, 2.24) is 35.7 Å². The molecular formula is C38H38BrN7O5. The second kappa shape index (κ2) is 16.5. The van der Waals surface area contributed by atoms with Crippen molar-refractivity contribution in [3.63, 3.8) is 0 Å². The van der Waals surface area contributed by atoms with Gasteiger partial charge in [0.05, 0.1) is 21.8 Å². The molecule has 1 atom stereocenters. The predicted molar refractivity (Wildman–Crippen MR) is 197 cm³/mol. The Hall–Kier alpha value is -5.40. The number of piperidine rings is 1. The number of carbonyl (C=O) groups is 2. The summed E-state index contributed by atoms with van der Waals surface area (Å²) in [5.41, 5.74) is 4.91. The lowest BCUT2D eigenvalue weighted by Crippen LogP contribution is -2.50. The number of nitrogens with one attached hydrogen (secondary N) is 4. The molecule has 262 valence electrons. The summed E-state index contributed by atoms with van der Waals surface area (Å²) >= 11 is 3.70. The molecular weight excluding hydrogens is 714 g/mol. The van der Waals surface area contributed by atoms with E-state index in [0.717, 1.165) is 47.2 Å². The molecule has 12 nitrogen and oxygen atoms in total. The Morgan fingerprint density at radius 2 is 1.76 bits per heavy atom. The molecule has 0 aliphatic carbocycles. The Kier molecular flexibility index (Phi) is 11.5. The van der Waals surface area contributed by atoms with Crippen molar-refractivity contribution < 1.29 is 14.3 Å². The van der Waals surface area contributed by atoms with Crippen LogP contribution in [-0.2, 0) is 17.9 Å². The second-order valence-corrected chi connectivity index (χ2v) is 13.2. The van der Waals surface area contributed by atoms with Crippen LogP contribution in [0.5, 0.6) is 5.75 Å². The molecule has 6 rings (SSSR count). The van der Waals surface area contributed by atoms with Gasteiger partial charge in [0.2, 0.25) is 5.91 Å². The van der Waals surface area contributed by atoms with Crippen molar-refractivity contribution in [3.8, 4) is 28.1 Å². The number of rotatable bonds is 12. The Morgan fingerprint density at radius 1 is 0.941 bits per heavy atom. The Balaban J connectivity index is 0.985. The number of benzene rings is 3. The maximum absolute atomic E-state index is 13.2. The van der Waals surface area contributed by atoms with E-state index in [9.17, 15) is 19.2 Å². The van der Waals surface area contributed by atoms with Crippen LogP contribution in [0.2, 0.25) is 0 Å². The van der Waals surface area contributed by atoms with E-state index in [1.807, 2.05) is 30.3 Å². The van der Waals surface area contributed by atoms with Crippen molar-refractivity contribution in [2.24, 2.45) is 0 Å². The molecule has 0 bridgehead atoms. The third-order valence-corrected chi connectivity index (χ3v) is 9.53. The van der Waals surface area contributed by atoms with Crippen LogP contribution in [0.15, 0.2) is 99.1 Å². The first-order valence-corrected chi connectivity index (χ1v) is 17.6. The molecule has 1 saturated heterocycles. The van der Waals surface area contributed by atoms with Crippen LogP contribution in [0, 0.1) is 6.92 Å². The highest BCUT2D eigenvalue weighted by molar-refractivity contribution is 9.10. The van der Waals surface area contributed by atoms with E-state index in [2.05, 4.69) is 95.0 Å². The number of hydrogen-bond acceptors (Lipinski definition) is 8. The first-order chi connectivity index (χ1) is 24.8. The summed E-state index contributed by atoms with van der Waals surface area (Å²) in [4.78, 5) is 55.8. The van der Waals surface area contributed by atoms with E-state index in [-0.39, 0.29) is 42.0 Å². The predicted octanol–water partition coefficient (Wildman–Crippen LogP) is 4.74. The average Bonchev–Trinajstić information content (AvgIpc) is 3.14. The summed E-state index contributed by atoms with van der Waals surface area (Å²) in [6.07, 6.45) is 3.97. The SMILES string of the molecule is Cc1c(COc2ccc(CN3CCCCC3C(=O)NCCNC(=O)c3ccc(-c4c[nH]c(=O)[nH]c4=O)nn3)cc2Br)cccc1-c1ccccc1. The van der Waals surface area contributed by atoms with Crippen molar-refractivity contribution in [1.29, 1.82) is 0 Å². The minimum Gasteiger partial charge on any atom is -0.488 e. The molecule has 0 saturated carbocycles. The Labute approximate surface area is 302 Å². The van der Waals surface area contributed by atoms with Crippen molar-refractivity contribution in [2.45, 2.75) is 45.4 Å².